The first-order chi connectivity index (χ1) is 15.2. The van der Waals surface area contributed by atoms with E-state index in [0.717, 1.165) is 44.7 Å². The van der Waals surface area contributed by atoms with Gasteiger partial charge in [0.05, 0.1) is 32.8 Å². The Kier molecular flexibility index (Phi) is 9.83. The molecule has 0 radical (unpaired) electrons. The lowest BCUT2D eigenvalue weighted by molar-refractivity contribution is -0.145. The number of methoxy groups -OCH3 is 1. The van der Waals surface area contributed by atoms with Crippen molar-refractivity contribution in [2.45, 2.75) is 25.4 Å². The zero-order chi connectivity index (χ0) is 21.7. The summed E-state index contributed by atoms with van der Waals surface area (Å²) in [4.78, 5) is 16.5. The second-order valence-electron chi connectivity index (χ2n) is 7.80. The highest BCUT2D eigenvalue weighted by Gasteiger charge is 2.18. The van der Waals surface area contributed by atoms with E-state index >= 15 is 0 Å². The van der Waals surface area contributed by atoms with Gasteiger partial charge in [-0.25, -0.2) is 0 Å². The van der Waals surface area contributed by atoms with Gasteiger partial charge < -0.3 is 24.0 Å². The minimum absolute atomic E-state index is 0.200. The van der Waals surface area contributed by atoms with Crippen LogP contribution in [0.5, 0.6) is 0 Å². The number of benzene rings is 2. The lowest BCUT2D eigenvalue weighted by atomic mass is 10.1. The average molecular weight is 427 g/mol. The van der Waals surface area contributed by atoms with Crippen molar-refractivity contribution < 1.29 is 19.0 Å². The van der Waals surface area contributed by atoms with Crippen LogP contribution in [-0.4, -0.2) is 70.2 Å². The smallest absolute Gasteiger partial charge is 0.308 e. The summed E-state index contributed by atoms with van der Waals surface area (Å²) in [6, 6.07) is 20.9. The molecule has 0 spiro atoms. The Morgan fingerprint density at radius 3 is 2.52 bits per heavy atom. The second kappa shape index (κ2) is 13.1. The molecule has 0 aliphatic carbocycles. The summed E-state index contributed by atoms with van der Waals surface area (Å²) in [7, 11) is 1.40. The van der Waals surface area contributed by atoms with Gasteiger partial charge in [0.15, 0.2) is 0 Å². The van der Waals surface area contributed by atoms with Crippen molar-refractivity contribution in [2.24, 2.45) is 0 Å². The highest BCUT2D eigenvalue weighted by molar-refractivity contribution is 5.69. The van der Waals surface area contributed by atoms with Crippen LogP contribution in [0.1, 0.15) is 18.4 Å². The lowest BCUT2D eigenvalue weighted by Gasteiger charge is -2.30. The minimum atomic E-state index is -0.305. The molecule has 2 aromatic rings. The largest absolute Gasteiger partial charge is 0.469 e. The van der Waals surface area contributed by atoms with Gasteiger partial charge in [-0.15, -0.1) is 0 Å². The van der Waals surface area contributed by atoms with Crippen LogP contribution in [0.4, 0.5) is 5.69 Å². The van der Waals surface area contributed by atoms with E-state index in [2.05, 4.69) is 52.3 Å². The van der Waals surface area contributed by atoms with Gasteiger partial charge in [-0.3, -0.25) is 4.79 Å². The van der Waals surface area contributed by atoms with Crippen LogP contribution in [-0.2, 0) is 25.4 Å². The first kappa shape index (κ1) is 23.3. The van der Waals surface area contributed by atoms with Crippen molar-refractivity contribution in [2.75, 3.05) is 58.1 Å². The molecule has 1 heterocycles. The van der Waals surface area contributed by atoms with Gasteiger partial charge in [0.1, 0.15) is 6.73 Å². The molecule has 0 saturated carbocycles. The van der Waals surface area contributed by atoms with E-state index in [1.165, 1.54) is 12.7 Å². The fourth-order valence-electron chi connectivity index (χ4n) is 3.74. The standard InChI is InChI=1S/C25H34N2O4/c1-29-25(28)19-24-20-30-21-27(23-11-6-3-7-12-23)15-8-14-26(17-18-31-24)16-13-22-9-4-2-5-10-22/h2-7,9-12,24H,8,13-21H2,1H3. The predicted molar refractivity (Wildman–Crippen MR) is 122 cm³/mol. The van der Waals surface area contributed by atoms with Crippen LogP contribution in [0.25, 0.3) is 0 Å². The molecule has 1 aliphatic heterocycles. The highest BCUT2D eigenvalue weighted by Crippen LogP contribution is 2.15. The molecule has 6 heteroatoms. The number of carbonyl (C=O) groups excluding carboxylic acids is 1. The molecule has 1 saturated heterocycles. The number of ether oxygens (including phenoxy) is 3. The molecule has 6 nitrogen and oxygen atoms in total. The van der Waals surface area contributed by atoms with E-state index in [9.17, 15) is 4.79 Å². The van der Waals surface area contributed by atoms with Crippen molar-refractivity contribution in [1.29, 1.82) is 0 Å². The Morgan fingerprint density at radius 1 is 1.03 bits per heavy atom. The van der Waals surface area contributed by atoms with Crippen LogP contribution in [0.15, 0.2) is 60.7 Å². The fourth-order valence-corrected chi connectivity index (χ4v) is 3.74. The third-order valence-electron chi connectivity index (χ3n) is 5.52. The highest BCUT2D eigenvalue weighted by atomic mass is 16.5. The molecular formula is C25H34N2O4. The van der Waals surface area contributed by atoms with E-state index in [0.29, 0.717) is 19.9 Å². The van der Waals surface area contributed by atoms with Crippen LogP contribution in [0, 0.1) is 0 Å². The molecule has 31 heavy (non-hydrogen) atoms. The molecule has 3 rings (SSSR count). The van der Waals surface area contributed by atoms with Crippen LogP contribution < -0.4 is 4.90 Å². The number of rotatable bonds is 6. The van der Waals surface area contributed by atoms with Crippen molar-refractivity contribution in [1.82, 2.24) is 4.90 Å². The Balaban J connectivity index is 1.63. The molecule has 0 N–H and O–H groups in total. The van der Waals surface area contributed by atoms with Gasteiger partial charge in [0, 0.05) is 25.3 Å². The summed E-state index contributed by atoms with van der Waals surface area (Å²) >= 11 is 0. The van der Waals surface area contributed by atoms with Gasteiger partial charge in [0.2, 0.25) is 0 Å². The number of nitrogens with zero attached hydrogens (tertiary/aromatic N) is 2. The maximum Gasteiger partial charge on any atom is 0.308 e. The molecule has 1 aliphatic rings. The number of carbonyl (C=O) groups is 1. The zero-order valence-corrected chi connectivity index (χ0v) is 18.4. The van der Waals surface area contributed by atoms with Crippen molar-refractivity contribution in [3.05, 3.63) is 66.2 Å². The van der Waals surface area contributed by atoms with E-state index in [4.69, 9.17) is 14.2 Å². The number of para-hydroxylation sites is 1. The third-order valence-corrected chi connectivity index (χ3v) is 5.52. The minimum Gasteiger partial charge on any atom is -0.469 e. The fraction of sp³-hybridized carbons (Fsp3) is 0.480. The van der Waals surface area contributed by atoms with E-state index < -0.39 is 0 Å². The third kappa shape index (κ3) is 8.32. The van der Waals surface area contributed by atoms with Crippen molar-refractivity contribution in [3.63, 3.8) is 0 Å². The Labute approximate surface area is 185 Å². The Hall–Kier alpha value is -2.41. The van der Waals surface area contributed by atoms with Gasteiger partial charge in [0.25, 0.3) is 0 Å². The summed E-state index contributed by atoms with van der Waals surface area (Å²) < 4.78 is 16.8. The summed E-state index contributed by atoms with van der Waals surface area (Å²) in [5, 5.41) is 0. The Morgan fingerprint density at radius 2 is 1.77 bits per heavy atom. The summed E-state index contributed by atoms with van der Waals surface area (Å²) in [6.07, 6.45) is 1.95. The van der Waals surface area contributed by atoms with Crippen molar-refractivity contribution >= 4 is 11.7 Å². The number of anilines is 1. The maximum atomic E-state index is 11.8. The van der Waals surface area contributed by atoms with Gasteiger partial charge in [-0.05, 0) is 37.1 Å². The number of hydrogen-bond acceptors (Lipinski definition) is 6. The van der Waals surface area contributed by atoms with Crippen LogP contribution >= 0.6 is 0 Å². The summed E-state index contributed by atoms with van der Waals surface area (Å²) in [5.41, 5.74) is 2.48. The quantitative estimate of drug-likeness (QED) is 0.661. The van der Waals surface area contributed by atoms with Gasteiger partial charge in [-0.2, -0.15) is 0 Å². The predicted octanol–water partition coefficient (Wildman–Crippen LogP) is 3.36. The molecule has 1 unspecified atom stereocenters. The van der Waals surface area contributed by atoms with Gasteiger partial charge >= 0.3 is 5.97 Å². The number of esters is 1. The Bertz CT molecular complexity index is 757. The first-order valence-corrected chi connectivity index (χ1v) is 11.1. The maximum absolute atomic E-state index is 11.8. The molecule has 1 fully saturated rings. The SMILES string of the molecule is COC(=O)CC1COCN(c2ccccc2)CCCN(CCc2ccccc2)CCO1. The summed E-state index contributed by atoms with van der Waals surface area (Å²) in [5.74, 6) is -0.276. The van der Waals surface area contributed by atoms with E-state index in [1.807, 2.05) is 18.2 Å². The van der Waals surface area contributed by atoms with Gasteiger partial charge in [-0.1, -0.05) is 48.5 Å². The lowest BCUT2D eigenvalue weighted by Crippen LogP contribution is -2.38. The molecule has 0 amide bonds. The summed E-state index contributed by atoms with van der Waals surface area (Å²) in [6.45, 7) is 5.11. The molecule has 0 bridgehead atoms. The molecule has 168 valence electrons. The van der Waals surface area contributed by atoms with E-state index in [1.54, 1.807) is 0 Å². The van der Waals surface area contributed by atoms with Crippen LogP contribution in [0.3, 0.4) is 0 Å². The second-order valence-corrected chi connectivity index (χ2v) is 7.80. The molecule has 0 aromatic heterocycles. The topological polar surface area (TPSA) is 51.2 Å². The average Bonchev–Trinajstić information content (AvgIpc) is 2.81. The number of hydrogen-bond donors (Lipinski definition) is 0. The first-order valence-electron chi connectivity index (χ1n) is 11.1. The monoisotopic (exact) mass is 426 g/mol. The molecule has 1 atom stereocenters. The van der Waals surface area contributed by atoms with Crippen molar-refractivity contribution in [3.8, 4) is 0 Å². The molecular weight excluding hydrogens is 392 g/mol. The zero-order valence-electron chi connectivity index (χ0n) is 18.4. The van der Waals surface area contributed by atoms with E-state index in [-0.39, 0.29) is 18.5 Å². The molecule has 2 aromatic carbocycles. The van der Waals surface area contributed by atoms with Crippen LogP contribution in [0.2, 0.25) is 0 Å². The normalized spacial score (nSPS) is 19.3.